The van der Waals surface area contributed by atoms with Crippen molar-refractivity contribution < 1.29 is 44.2 Å². The number of aromatic hydroxyl groups is 2. The highest BCUT2D eigenvalue weighted by molar-refractivity contribution is 6.31. The van der Waals surface area contributed by atoms with Gasteiger partial charge in [-0.2, -0.15) is 0 Å². The Morgan fingerprint density at radius 1 is 1.11 bits per heavy atom. The first-order valence-electron chi connectivity index (χ1n) is 12.9. The van der Waals surface area contributed by atoms with Crippen molar-refractivity contribution >= 4 is 11.6 Å². The third kappa shape index (κ3) is 4.78. The van der Waals surface area contributed by atoms with Crippen LogP contribution in [0.25, 0.3) is 0 Å². The molecule has 2 aromatic rings. The van der Waals surface area contributed by atoms with Gasteiger partial charge in [-0.15, -0.1) is 0 Å². The maximum Gasteiger partial charge on any atom is 0.202 e. The van der Waals surface area contributed by atoms with Gasteiger partial charge in [0.15, 0.2) is 12.1 Å². The van der Waals surface area contributed by atoms with E-state index < -0.39 is 53.7 Å². The molecular formula is C28H35NO9. The van der Waals surface area contributed by atoms with Crippen LogP contribution in [0.15, 0.2) is 18.2 Å². The quantitative estimate of drug-likeness (QED) is 0.205. The van der Waals surface area contributed by atoms with Crippen LogP contribution in [0.5, 0.6) is 17.2 Å². The van der Waals surface area contributed by atoms with E-state index in [1.807, 2.05) is 6.92 Å². The predicted molar refractivity (Wildman–Crippen MR) is 137 cm³/mol. The lowest BCUT2D eigenvalue weighted by Crippen LogP contribution is -2.51. The molecule has 0 aromatic heterocycles. The van der Waals surface area contributed by atoms with E-state index in [-0.39, 0.29) is 58.6 Å². The third-order valence-electron chi connectivity index (χ3n) is 7.36. The van der Waals surface area contributed by atoms with Crippen molar-refractivity contribution in [2.45, 2.75) is 76.6 Å². The van der Waals surface area contributed by atoms with Crippen molar-refractivity contribution in [1.82, 2.24) is 0 Å². The number of benzene rings is 2. The van der Waals surface area contributed by atoms with Crippen LogP contribution in [0.3, 0.4) is 0 Å². The molecule has 1 heterocycles. The van der Waals surface area contributed by atoms with Gasteiger partial charge in [-0.25, -0.2) is 0 Å². The molecule has 0 saturated carbocycles. The highest BCUT2D eigenvalue weighted by Crippen LogP contribution is 2.48. The first kappa shape index (κ1) is 28.0. The molecule has 2 aliphatic rings. The van der Waals surface area contributed by atoms with Gasteiger partial charge in [-0.3, -0.25) is 9.59 Å². The molecule has 1 fully saturated rings. The number of carbonyl (C=O) groups is 2. The number of rotatable bonds is 9. The van der Waals surface area contributed by atoms with E-state index in [2.05, 4.69) is 0 Å². The number of hydrogen-bond donors (Lipinski definition) is 5. The van der Waals surface area contributed by atoms with E-state index >= 15 is 0 Å². The summed E-state index contributed by atoms with van der Waals surface area (Å²) in [5.74, 6) is -1.92. The number of phenols is 2. The monoisotopic (exact) mass is 529 g/mol. The number of aliphatic hydroxyl groups excluding tert-OH is 2. The second-order valence-corrected chi connectivity index (χ2v) is 9.76. The van der Waals surface area contributed by atoms with Gasteiger partial charge in [0, 0.05) is 35.8 Å². The summed E-state index contributed by atoms with van der Waals surface area (Å²) in [6, 6.07) is 4.02. The smallest absolute Gasteiger partial charge is 0.202 e. The summed E-state index contributed by atoms with van der Waals surface area (Å²) in [6.45, 7) is 3.42. The van der Waals surface area contributed by atoms with Crippen LogP contribution < -0.4 is 10.5 Å². The van der Waals surface area contributed by atoms with E-state index in [1.54, 1.807) is 19.1 Å². The van der Waals surface area contributed by atoms with Gasteiger partial charge in [0.05, 0.1) is 42.1 Å². The molecule has 0 spiro atoms. The largest absolute Gasteiger partial charge is 0.507 e. The molecule has 5 atom stereocenters. The van der Waals surface area contributed by atoms with Gasteiger partial charge < -0.3 is 40.4 Å². The Balaban J connectivity index is 1.86. The van der Waals surface area contributed by atoms with E-state index in [0.29, 0.717) is 19.3 Å². The normalized spacial score (nSPS) is 23.6. The van der Waals surface area contributed by atoms with Crippen LogP contribution in [0, 0.1) is 0 Å². The van der Waals surface area contributed by atoms with Crippen molar-refractivity contribution in [2.75, 3.05) is 13.7 Å². The average molecular weight is 530 g/mol. The topological polar surface area (TPSA) is 169 Å². The molecule has 6 N–H and O–H groups in total. The highest BCUT2D eigenvalue weighted by atomic mass is 16.7. The Bertz CT molecular complexity index is 1220. The number of fused-ring (bicyclic) bond motifs is 2. The third-order valence-corrected chi connectivity index (χ3v) is 7.36. The number of unbranched alkanes of at least 4 members (excludes halogenated alkanes) is 1. The summed E-state index contributed by atoms with van der Waals surface area (Å²) < 4.78 is 17.3. The maximum atomic E-state index is 13.7. The average Bonchev–Trinajstić information content (AvgIpc) is 2.90. The molecular weight excluding hydrogens is 494 g/mol. The molecule has 1 aliphatic carbocycles. The first-order valence-corrected chi connectivity index (χ1v) is 12.9. The van der Waals surface area contributed by atoms with Crippen molar-refractivity contribution in [3.8, 4) is 17.2 Å². The number of hydrogen-bond acceptors (Lipinski definition) is 10. The minimum atomic E-state index is -0.858. The number of phenolic OH excluding ortho intramolecular Hbond substituents is 2. The molecule has 1 saturated heterocycles. The summed E-state index contributed by atoms with van der Waals surface area (Å²) in [6.07, 6.45) is -1.47. The van der Waals surface area contributed by atoms with E-state index in [4.69, 9.17) is 19.9 Å². The first-order chi connectivity index (χ1) is 18.2. The number of ketones is 2. The molecule has 2 aromatic carbocycles. The number of ether oxygens (including phenoxy) is 3. The van der Waals surface area contributed by atoms with Gasteiger partial charge in [0.2, 0.25) is 5.78 Å². The van der Waals surface area contributed by atoms with Crippen LogP contribution in [-0.2, 0) is 15.9 Å². The van der Waals surface area contributed by atoms with Crippen LogP contribution in [0.2, 0.25) is 0 Å². The van der Waals surface area contributed by atoms with Gasteiger partial charge in [-0.05, 0) is 38.7 Å². The van der Waals surface area contributed by atoms with Crippen molar-refractivity contribution in [1.29, 1.82) is 0 Å². The minimum Gasteiger partial charge on any atom is -0.507 e. The molecule has 206 valence electrons. The Labute approximate surface area is 220 Å². The standard InChI is InChI=1S/C28H35NO9/c1-4-17(38-19-12-16(29)24(31)13(2)37-19)20-14(8-5-6-11-30)25(32)22-23(27(20)34)28(35)21-15(26(22)33)9-7-10-18(21)36-3/h7,9-10,13,16-17,19,24,30-32,34H,4-6,8,11-12,29H2,1-3H3/t13?,16?,17-,19?,24?/m0/s1. The molecule has 4 rings (SSSR count). The lowest BCUT2D eigenvalue weighted by molar-refractivity contribution is -0.241. The fourth-order valence-corrected chi connectivity index (χ4v) is 5.36. The highest BCUT2D eigenvalue weighted by Gasteiger charge is 2.41. The maximum absolute atomic E-state index is 13.7. The van der Waals surface area contributed by atoms with Gasteiger partial charge >= 0.3 is 0 Å². The Morgan fingerprint density at radius 2 is 1.82 bits per heavy atom. The SMILES string of the molecule is CC[C@H](OC1CC(N)C(O)C(C)O1)c1c(O)c2c(c(O)c1CCCCO)C(=O)c1cccc(OC)c1C2=O. The summed E-state index contributed by atoms with van der Waals surface area (Å²) in [7, 11) is 1.38. The Kier molecular flexibility index (Phi) is 8.39. The molecule has 10 heteroatoms. The van der Waals surface area contributed by atoms with Crippen molar-refractivity contribution in [2.24, 2.45) is 5.73 Å². The van der Waals surface area contributed by atoms with Crippen molar-refractivity contribution in [3.63, 3.8) is 0 Å². The summed E-state index contributed by atoms with van der Waals surface area (Å²) in [4.78, 5) is 27.2. The molecule has 38 heavy (non-hydrogen) atoms. The molecule has 10 nitrogen and oxygen atoms in total. The lowest BCUT2D eigenvalue weighted by Gasteiger charge is -2.38. The van der Waals surface area contributed by atoms with Crippen LogP contribution >= 0.6 is 0 Å². The number of aliphatic hydroxyl groups is 2. The van der Waals surface area contributed by atoms with E-state index in [9.17, 15) is 30.0 Å². The fraction of sp³-hybridized carbons (Fsp3) is 0.500. The van der Waals surface area contributed by atoms with Crippen LogP contribution in [0.4, 0.5) is 0 Å². The Morgan fingerprint density at radius 3 is 2.45 bits per heavy atom. The zero-order valence-electron chi connectivity index (χ0n) is 21.8. The predicted octanol–water partition coefficient (Wildman–Crippen LogP) is 2.49. The van der Waals surface area contributed by atoms with Crippen LogP contribution in [-0.4, -0.2) is 70.2 Å². The fourth-order valence-electron chi connectivity index (χ4n) is 5.36. The van der Waals surface area contributed by atoms with Gasteiger partial charge in [0.1, 0.15) is 17.2 Å². The minimum absolute atomic E-state index is 0.0135. The molecule has 0 amide bonds. The lowest BCUT2D eigenvalue weighted by atomic mass is 9.78. The molecule has 4 unspecified atom stereocenters. The summed E-state index contributed by atoms with van der Waals surface area (Å²) >= 11 is 0. The van der Waals surface area contributed by atoms with Gasteiger partial charge in [-0.1, -0.05) is 19.1 Å². The number of methoxy groups -OCH3 is 1. The number of carbonyl (C=O) groups excluding carboxylic acids is 2. The second kappa shape index (κ2) is 11.4. The zero-order chi connectivity index (χ0) is 27.7. The van der Waals surface area contributed by atoms with Gasteiger partial charge in [0.25, 0.3) is 0 Å². The van der Waals surface area contributed by atoms with E-state index in [1.165, 1.54) is 13.2 Å². The van der Waals surface area contributed by atoms with Crippen molar-refractivity contribution in [3.05, 3.63) is 51.6 Å². The second-order valence-electron chi connectivity index (χ2n) is 9.76. The Hall–Kier alpha value is -3.02. The van der Waals surface area contributed by atoms with E-state index in [0.717, 1.165) is 0 Å². The molecule has 0 radical (unpaired) electrons. The van der Waals surface area contributed by atoms with Crippen LogP contribution in [0.1, 0.15) is 88.6 Å². The zero-order valence-corrected chi connectivity index (χ0v) is 21.8. The summed E-state index contributed by atoms with van der Waals surface area (Å²) in [5, 5.41) is 42.5. The molecule has 1 aliphatic heterocycles. The molecule has 0 bridgehead atoms. The number of nitrogens with two attached hydrogens (primary N) is 1. The summed E-state index contributed by atoms with van der Waals surface area (Å²) in [5.41, 5.74) is 6.02.